The van der Waals surface area contributed by atoms with Crippen LogP contribution in [0.25, 0.3) is 10.9 Å². The second-order valence-electron chi connectivity index (χ2n) is 9.40. The fourth-order valence-corrected chi connectivity index (χ4v) is 6.08. The number of fused-ring (bicyclic) bond motifs is 5. The van der Waals surface area contributed by atoms with Crippen LogP contribution in [0, 0.1) is 5.41 Å². The van der Waals surface area contributed by atoms with E-state index in [1.807, 2.05) is 18.2 Å². The van der Waals surface area contributed by atoms with Gasteiger partial charge in [-0.3, -0.25) is 9.69 Å². The van der Waals surface area contributed by atoms with Crippen molar-refractivity contribution in [2.75, 3.05) is 32.6 Å². The Kier molecular flexibility index (Phi) is 5.79. The monoisotopic (exact) mass is 447 g/mol. The summed E-state index contributed by atoms with van der Waals surface area (Å²) < 4.78 is 10.7. The summed E-state index contributed by atoms with van der Waals surface area (Å²) in [7, 11) is 3.23. The maximum Gasteiger partial charge on any atom is 0.225 e. The average molecular weight is 448 g/mol. The van der Waals surface area contributed by atoms with Gasteiger partial charge >= 0.3 is 0 Å². The first kappa shape index (κ1) is 21.8. The SMILES string of the molecule is CC[C@@]1(CC(=O)Nc2cc(OC)cc(OC)c2)CCCN2CCc3c([nH]c4ccccc34)[C@@H]21. The van der Waals surface area contributed by atoms with Gasteiger partial charge in [-0.1, -0.05) is 25.1 Å². The van der Waals surface area contributed by atoms with Crippen LogP contribution < -0.4 is 14.8 Å². The van der Waals surface area contributed by atoms with Gasteiger partial charge in [0, 0.05) is 58.9 Å². The van der Waals surface area contributed by atoms with E-state index >= 15 is 0 Å². The number of nitrogens with zero attached hydrogens (tertiary/aromatic N) is 1. The molecule has 1 saturated heterocycles. The van der Waals surface area contributed by atoms with Crippen molar-refractivity contribution in [3.63, 3.8) is 0 Å². The van der Waals surface area contributed by atoms with Gasteiger partial charge in [0.15, 0.2) is 0 Å². The molecule has 174 valence electrons. The van der Waals surface area contributed by atoms with E-state index in [1.54, 1.807) is 14.2 Å². The summed E-state index contributed by atoms with van der Waals surface area (Å²) in [6.45, 7) is 4.38. The van der Waals surface area contributed by atoms with Crippen LogP contribution in [0.2, 0.25) is 0 Å². The summed E-state index contributed by atoms with van der Waals surface area (Å²) in [6, 6.07) is 14.3. The molecule has 0 saturated carbocycles. The number of hydrogen-bond acceptors (Lipinski definition) is 4. The molecule has 2 aromatic carbocycles. The van der Waals surface area contributed by atoms with Crippen LogP contribution in [0.3, 0.4) is 0 Å². The van der Waals surface area contributed by atoms with E-state index in [2.05, 4.69) is 46.4 Å². The highest BCUT2D eigenvalue weighted by atomic mass is 16.5. The molecule has 33 heavy (non-hydrogen) atoms. The van der Waals surface area contributed by atoms with Gasteiger partial charge < -0.3 is 19.8 Å². The molecule has 0 aliphatic carbocycles. The van der Waals surface area contributed by atoms with Gasteiger partial charge in [0.25, 0.3) is 0 Å². The molecule has 6 nitrogen and oxygen atoms in total. The molecule has 0 spiro atoms. The number of piperidine rings is 1. The molecule has 0 bridgehead atoms. The zero-order valence-electron chi connectivity index (χ0n) is 19.7. The Bertz CT molecular complexity index is 1150. The van der Waals surface area contributed by atoms with Crippen LogP contribution in [0.1, 0.15) is 49.9 Å². The Balaban J connectivity index is 1.46. The summed E-state index contributed by atoms with van der Waals surface area (Å²) in [5.74, 6) is 1.36. The molecule has 2 aliphatic rings. The number of aromatic amines is 1. The molecule has 1 aromatic heterocycles. The molecule has 3 aromatic rings. The van der Waals surface area contributed by atoms with Gasteiger partial charge in [-0.15, -0.1) is 0 Å². The summed E-state index contributed by atoms with van der Waals surface area (Å²) in [4.78, 5) is 19.7. The van der Waals surface area contributed by atoms with E-state index in [0.29, 0.717) is 23.6 Å². The minimum atomic E-state index is -0.110. The van der Waals surface area contributed by atoms with Crippen LogP contribution in [0.15, 0.2) is 42.5 Å². The Hall–Kier alpha value is -2.99. The number of carbonyl (C=O) groups excluding carboxylic acids is 1. The third kappa shape index (κ3) is 3.86. The van der Waals surface area contributed by atoms with Gasteiger partial charge in [0.2, 0.25) is 5.91 Å². The topological polar surface area (TPSA) is 66.6 Å². The van der Waals surface area contributed by atoms with Crippen molar-refractivity contribution < 1.29 is 14.3 Å². The van der Waals surface area contributed by atoms with Crippen molar-refractivity contribution in [1.82, 2.24) is 9.88 Å². The summed E-state index contributed by atoms with van der Waals surface area (Å²) >= 11 is 0. The number of rotatable bonds is 6. The fourth-order valence-electron chi connectivity index (χ4n) is 6.08. The number of H-pyrrole nitrogens is 1. The lowest BCUT2D eigenvalue weighted by atomic mass is 9.66. The van der Waals surface area contributed by atoms with E-state index in [0.717, 1.165) is 38.8 Å². The second kappa shape index (κ2) is 8.75. The molecule has 0 unspecified atom stereocenters. The first-order chi connectivity index (χ1) is 16.1. The van der Waals surface area contributed by atoms with E-state index in [1.165, 1.54) is 22.2 Å². The number of ether oxygens (including phenoxy) is 2. The number of amides is 1. The summed E-state index contributed by atoms with van der Waals surface area (Å²) in [5.41, 5.74) is 4.55. The second-order valence-corrected chi connectivity index (χ2v) is 9.40. The standard InChI is InChI=1S/C27H33N3O3/c1-4-27(17-24(31)28-18-14-19(32-2)16-20(15-18)33-3)11-7-12-30-13-10-22-21-8-5-6-9-23(21)29-25(22)26(27)30/h5-6,8-9,14-16,26,29H,4,7,10-13,17H2,1-3H3,(H,28,31)/t26-,27+/m1/s1. The van der Waals surface area contributed by atoms with Gasteiger partial charge in [-0.05, 0) is 43.9 Å². The van der Waals surface area contributed by atoms with Gasteiger partial charge in [0.1, 0.15) is 11.5 Å². The van der Waals surface area contributed by atoms with Crippen molar-refractivity contribution in [3.05, 3.63) is 53.7 Å². The Morgan fingerprint density at radius 1 is 1.15 bits per heavy atom. The zero-order chi connectivity index (χ0) is 23.0. The third-order valence-corrected chi connectivity index (χ3v) is 7.69. The minimum absolute atomic E-state index is 0.0391. The number of carbonyl (C=O) groups is 1. The largest absolute Gasteiger partial charge is 0.497 e. The minimum Gasteiger partial charge on any atom is -0.497 e. The van der Waals surface area contributed by atoms with Gasteiger partial charge in [0.05, 0.1) is 20.3 Å². The van der Waals surface area contributed by atoms with Crippen LogP contribution in [-0.4, -0.2) is 43.1 Å². The average Bonchev–Trinajstić information content (AvgIpc) is 3.22. The molecule has 2 aliphatic heterocycles. The number of methoxy groups -OCH3 is 2. The van der Waals surface area contributed by atoms with Crippen molar-refractivity contribution in [1.29, 1.82) is 0 Å². The number of anilines is 1. The Labute approximate surface area is 195 Å². The van der Waals surface area contributed by atoms with Crippen molar-refractivity contribution in [3.8, 4) is 11.5 Å². The molecule has 1 amide bonds. The first-order valence-corrected chi connectivity index (χ1v) is 11.9. The molecular weight excluding hydrogens is 414 g/mol. The molecule has 2 N–H and O–H groups in total. The number of benzene rings is 2. The number of para-hydroxylation sites is 1. The lowest BCUT2D eigenvalue weighted by molar-refractivity contribution is -0.121. The molecule has 2 atom stereocenters. The van der Waals surface area contributed by atoms with Crippen LogP contribution in [0.5, 0.6) is 11.5 Å². The fraction of sp³-hybridized carbons (Fsp3) is 0.444. The zero-order valence-corrected chi connectivity index (χ0v) is 19.7. The van der Waals surface area contributed by atoms with Crippen LogP contribution >= 0.6 is 0 Å². The van der Waals surface area contributed by atoms with E-state index in [9.17, 15) is 4.79 Å². The summed E-state index contributed by atoms with van der Waals surface area (Å²) in [6.07, 6.45) is 4.68. The first-order valence-electron chi connectivity index (χ1n) is 11.9. The number of aromatic nitrogens is 1. The molecule has 5 rings (SSSR count). The van der Waals surface area contributed by atoms with E-state index < -0.39 is 0 Å². The lowest BCUT2D eigenvalue weighted by Gasteiger charge is -2.51. The highest BCUT2D eigenvalue weighted by Gasteiger charge is 2.48. The lowest BCUT2D eigenvalue weighted by Crippen LogP contribution is -2.50. The highest BCUT2D eigenvalue weighted by Crippen LogP contribution is 2.53. The predicted octanol–water partition coefficient (Wildman–Crippen LogP) is 5.30. The third-order valence-electron chi connectivity index (χ3n) is 7.69. The van der Waals surface area contributed by atoms with Crippen molar-refractivity contribution in [2.45, 2.75) is 45.1 Å². The maximum atomic E-state index is 13.4. The van der Waals surface area contributed by atoms with E-state index in [-0.39, 0.29) is 17.4 Å². The summed E-state index contributed by atoms with van der Waals surface area (Å²) in [5, 5.41) is 4.45. The van der Waals surface area contributed by atoms with Crippen LogP contribution in [-0.2, 0) is 11.2 Å². The molecule has 0 radical (unpaired) electrons. The molecular formula is C27H33N3O3. The Morgan fingerprint density at radius 2 is 1.91 bits per heavy atom. The van der Waals surface area contributed by atoms with Gasteiger partial charge in [-0.2, -0.15) is 0 Å². The van der Waals surface area contributed by atoms with E-state index in [4.69, 9.17) is 9.47 Å². The van der Waals surface area contributed by atoms with Gasteiger partial charge in [-0.25, -0.2) is 0 Å². The Morgan fingerprint density at radius 3 is 2.64 bits per heavy atom. The molecule has 3 heterocycles. The number of hydrogen-bond donors (Lipinski definition) is 2. The van der Waals surface area contributed by atoms with Crippen molar-refractivity contribution in [2.24, 2.45) is 5.41 Å². The molecule has 1 fully saturated rings. The number of nitrogens with one attached hydrogen (secondary N) is 2. The molecule has 6 heteroatoms. The van der Waals surface area contributed by atoms with Crippen LogP contribution in [0.4, 0.5) is 5.69 Å². The quantitative estimate of drug-likeness (QED) is 0.538. The normalized spacial score (nSPS) is 22.5. The predicted molar refractivity (Wildman–Crippen MR) is 131 cm³/mol. The maximum absolute atomic E-state index is 13.4. The smallest absolute Gasteiger partial charge is 0.225 e. The highest BCUT2D eigenvalue weighted by molar-refractivity contribution is 5.92. The van der Waals surface area contributed by atoms with Crippen molar-refractivity contribution >= 4 is 22.5 Å².